The number of ether oxygens (including phenoxy) is 1. The molecule has 150 valence electrons. The fourth-order valence-electron chi connectivity index (χ4n) is 2.78. The molecule has 1 heterocycles. The van der Waals surface area contributed by atoms with Crippen molar-refractivity contribution in [2.75, 3.05) is 0 Å². The highest BCUT2D eigenvalue weighted by molar-refractivity contribution is 6.62. The Labute approximate surface area is 161 Å². The van der Waals surface area contributed by atoms with Gasteiger partial charge in [0.25, 0.3) is 0 Å². The predicted molar refractivity (Wildman–Crippen MR) is 97.9 cm³/mol. The number of halogens is 4. The first-order chi connectivity index (χ1) is 12.9. The van der Waals surface area contributed by atoms with Crippen LogP contribution in [0.3, 0.4) is 0 Å². The monoisotopic (exact) mass is 396 g/mol. The van der Waals surface area contributed by atoms with Crippen molar-refractivity contribution in [3.05, 3.63) is 59.4 Å². The summed E-state index contributed by atoms with van der Waals surface area (Å²) < 4.78 is 71.7. The van der Waals surface area contributed by atoms with E-state index in [1.165, 1.54) is 6.07 Å². The van der Waals surface area contributed by atoms with Crippen LogP contribution in [-0.4, -0.2) is 18.3 Å². The minimum absolute atomic E-state index is 0.0513. The van der Waals surface area contributed by atoms with Crippen LogP contribution < -0.4 is 10.2 Å². The standard InChI is InChI=1S/C20H21BF4O3/c1-18(2)19(3,4)28-21(27-18)14-10-15(20(23,24)25)17(22)16(11-14)26-12-13-8-6-5-7-9-13/h5-11H,12H2,1-4H3. The molecule has 3 rings (SSSR count). The van der Waals surface area contributed by atoms with Crippen molar-refractivity contribution in [1.29, 1.82) is 0 Å². The first-order valence-electron chi connectivity index (χ1n) is 8.84. The highest BCUT2D eigenvalue weighted by Gasteiger charge is 2.52. The molecular formula is C20H21BF4O3. The molecular weight excluding hydrogens is 375 g/mol. The Morgan fingerprint density at radius 2 is 1.54 bits per heavy atom. The number of hydrogen-bond acceptors (Lipinski definition) is 3. The van der Waals surface area contributed by atoms with Gasteiger partial charge in [-0.15, -0.1) is 0 Å². The summed E-state index contributed by atoms with van der Waals surface area (Å²) in [7, 11) is -1.06. The zero-order valence-corrected chi connectivity index (χ0v) is 16.1. The minimum atomic E-state index is -4.88. The topological polar surface area (TPSA) is 27.7 Å². The van der Waals surface area contributed by atoms with Crippen molar-refractivity contribution in [3.63, 3.8) is 0 Å². The van der Waals surface area contributed by atoms with E-state index in [0.717, 1.165) is 0 Å². The smallest absolute Gasteiger partial charge is 0.486 e. The van der Waals surface area contributed by atoms with Crippen LogP contribution in [0.1, 0.15) is 38.8 Å². The van der Waals surface area contributed by atoms with Crippen LogP contribution in [0.5, 0.6) is 5.75 Å². The zero-order valence-electron chi connectivity index (χ0n) is 16.1. The summed E-state index contributed by atoms with van der Waals surface area (Å²) in [5.41, 5.74) is -2.14. The Hall–Kier alpha value is -2.06. The summed E-state index contributed by atoms with van der Waals surface area (Å²) in [6.45, 7) is 7.08. The van der Waals surface area contributed by atoms with Crippen molar-refractivity contribution in [3.8, 4) is 5.75 Å². The van der Waals surface area contributed by atoms with E-state index >= 15 is 0 Å². The molecule has 0 bridgehead atoms. The molecule has 1 fully saturated rings. The molecule has 0 atom stereocenters. The lowest BCUT2D eigenvalue weighted by molar-refractivity contribution is -0.140. The fraction of sp³-hybridized carbons (Fsp3) is 0.400. The summed E-state index contributed by atoms with van der Waals surface area (Å²) >= 11 is 0. The zero-order chi connectivity index (χ0) is 20.7. The molecule has 1 saturated heterocycles. The van der Waals surface area contributed by atoms with Gasteiger partial charge in [0.05, 0.1) is 16.8 Å². The first kappa shape index (κ1) is 20.7. The molecule has 0 amide bonds. The third kappa shape index (κ3) is 4.03. The summed E-state index contributed by atoms with van der Waals surface area (Å²) in [6.07, 6.45) is -4.88. The average molecular weight is 396 g/mol. The van der Waals surface area contributed by atoms with E-state index < -0.39 is 41.6 Å². The van der Waals surface area contributed by atoms with Crippen molar-refractivity contribution >= 4 is 12.6 Å². The van der Waals surface area contributed by atoms with Crippen LogP contribution in [0, 0.1) is 5.82 Å². The molecule has 0 radical (unpaired) electrons. The number of alkyl halides is 3. The van der Waals surface area contributed by atoms with E-state index in [0.29, 0.717) is 11.6 Å². The van der Waals surface area contributed by atoms with Gasteiger partial charge in [-0.05, 0) is 50.9 Å². The van der Waals surface area contributed by atoms with E-state index in [-0.39, 0.29) is 12.1 Å². The van der Waals surface area contributed by atoms with E-state index in [2.05, 4.69) is 0 Å². The normalized spacial score (nSPS) is 18.4. The van der Waals surface area contributed by atoms with Gasteiger partial charge in [-0.3, -0.25) is 0 Å². The minimum Gasteiger partial charge on any atom is -0.486 e. The molecule has 0 aliphatic carbocycles. The summed E-state index contributed by atoms with van der Waals surface area (Å²) in [5, 5.41) is 0. The van der Waals surface area contributed by atoms with Crippen molar-refractivity contribution in [2.24, 2.45) is 0 Å². The SMILES string of the molecule is CC1(C)OB(c2cc(OCc3ccccc3)c(F)c(C(F)(F)F)c2)OC1(C)C. The fourth-order valence-corrected chi connectivity index (χ4v) is 2.78. The summed E-state index contributed by atoms with van der Waals surface area (Å²) in [4.78, 5) is 0. The number of rotatable bonds is 4. The molecule has 0 unspecified atom stereocenters. The summed E-state index contributed by atoms with van der Waals surface area (Å²) in [5.74, 6) is -1.95. The number of hydrogen-bond donors (Lipinski definition) is 0. The Kier molecular flexibility index (Phi) is 5.23. The van der Waals surface area contributed by atoms with Gasteiger partial charge < -0.3 is 14.0 Å². The largest absolute Gasteiger partial charge is 0.494 e. The third-order valence-electron chi connectivity index (χ3n) is 5.13. The molecule has 1 aliphatic rings. The maximum atomic E-state index is 14.5. The molecule has 3 nitrogen and oxygen atoms in total. The van der Waals surface area contributed by atoms with Crippen molar-refractivity contribution in [1.82, 2.24) is 0 Å². The summed E-state index contributed by atoms with van der Waals surface area (Å²) in [6, 6.07) is 10.7. The van der Waals surface area contributed by atoms with Gasteiger partial charge in [-0.2, -0.15) is 13.2 Å². The Morgan fingerprint density at radius 1 is 0.964 bits per heavy atom. The van der Waals surface area contributed by atoms with Crippen LogP contribution in [0.25, 0.3) is 0 Å². The lowest BCUT2D eigenvalue weighted by atomic mass is 9.78. The predicted octanol–water partition coefficient (Wildman–Crippen LogP) is 4.72. The van der Waals surface area contributed by atoms with Gasteiger partial charge in [0.1, 0.15) is 6.61 Å². The molecule has 2 aromatic carbocycles. The Morgan fingerprint density at radius 3 is 2.07 bits per heavy atom. The second-order valence-electron chi connectivity index (χ2n) is 7.74. The van der Waals surface area contributed by atoms with E-state index in [1.54, 1.807) is 58.0 Å². The van der Waals surface area contributed by atoms with E-state index in [4.69, 9.17) is 14.0 Å². The lowest BCUT2D eigenvalue weighted by Crippen LogP contribution is -2.41. The highest BCUT2D eigenvalue weighted by Crippen LogP contribution is 2.39. The molecule has 0 aromatic heterocycles. The maximum absolute atomic E-state index is 14.5. The molecule has 8 heteroatoms. The quantitative estimate of drug-likeness (QED) is 0.553. The van der Waals surface area contributed by atoms with Crippen LogP contribution in [-0.2, 0) is 22.1 Å². The van der Waals surface area contributed by atoms with Gasteiger partial charge in [0, 0.05) is 0 Å². The van der Waals surface area contributed by atoms with Gasteiger partial charge in [0.15, 0.2) is 11.6 Å². The van der Waals surface area contributed by atoms with E-state index in [1.807, 2.05) is 0 Å². The van der Waals surface area contributed by atoms with E-state index in [9.17, 15) is 17.6 Å². The third-order valence-corrected chi connectivity index (χ3v) is 5.13. The van der Waals surface area contributed by atoms with Crippen LogP contribution >= 0.6 is 0 Å². The lowest BCUT2D eigenvalue weighted by Gasteiger charge is -2.32. The molecule has 2 aromatic rings. The molecule has 0 N–H and O–H groups in total. The maximum Gasteiger partial charge on any atom is 0.494 e. The number of benzene rings is 2. The van der Waals surface area contributed by atoms with Crippen LogP contribution in [0.2, 0.25) is 0 Å². The Bertz CT molecular complexity index is 835. The van der Waals surface area contributed by atoms with Gasteiger partial charge in [0.2, 0.25) is 0 Å². The van der Waals surface area contributed by atoms with Gasteiger partial charge in [-0.25, -0.2) is 4.39 Å². The second-order valence-corrected chi connectivity index (χ2v) is 7.74. The Balaban J connectivity index is 1.97. The molecule has 0 spiro atoms. The second kappa shape index (κ2) is 7.08. The van der Waals surface area contributed by atoms with Crippen molar-refractivity contribution < 1.29 is 31.6 Å². The van der Waals surface area contributed by atoms with Gasteiger partial charge >= 0.3 is 13.3 Å². The van der Waals surface area contributed by atoms with Crippen molar-refractivity contribution in [2.45, 2.75) is 51.7 Å². The first-order valence-corrected chi connectivity index (χ1v) is 8.84. The van der Waals surface area contributed by atoms with Gasteiger partial charge in [-0.1, -0.05) is 30.3 Å². The molecule has 28 heavy (non-hydrogen) atoms. The average Bonchev–Trinajstić information content (AvgIpc) is 2.81. The molecule has 0 saturated carbocycles. The van der Waals surface area contributed by atoms with Crippen LogP contribution in [0.15, 0.2) is 42.5 Å². The van der Waals surface area contributed by atoms with Crippen LogP contribution in [0.4, 0.5) is 17.6 Å². The molecule has 1 aliphatic heterocycles. The highest BCUT2D eigenvalue weighted by atomic mass is 19.4.